The lowest BCUT2D eigenvalue weighted by Crippen LogP contribution is -2.60. The first kappa shape index (κ1) is 38.3. The summed E-state index contributed by atoms with van der Waals surface area (Å²) in [6.45, 7) is 4.45. The number of alkyl halides is 3. The molecule has 0 radical (unpaired) electrons. The summed E-state index contributed by atoms with van der Waals surface area (Å²) in [5, 5.41) is 12.3. The van der Waals surface area contributed by atoms with E-state index >= 15 is 0 Å². The minimum atomic E-state index is -4.98. The van der Waals surface area contributed by atoms with Crippen LogP contribution in [0.5, 0.6) is 5.88 Å². The number of halogens is 3. The van der Waals surface area contributed by atoms with E-state index in [1.54, 1.807) is 32.9 Å². The molecule has 3 heterocycles. The van der Waals surface area contributed by atoms with Crippen LogP contribution < -0.4 is 14.8 Å². The fourth-order valence-electron chi connectivity index (χ4n) is 7.23. The lowest BCUT2D eigenvalue weighted by atomic mass is 9.98. The molecule has 288 valence electrons. The molecule has 1 aromatic carbocycles. The molecule has 0 bridgehead atoms. The summed E-state index contributed by atoms with van der Waals surface area (Å²) in [6, 6.07) is 3.18. The largest absolute Gasteiger partial charge is 0.471 e. The summed E-state index contributed by atoms with van der Waals surface area (Å²) in [7, 11) is -4.00. The summed E-state index contributed by atoms with van der Waals surface area (Å²) < 4.78 is 76.2. The van der Waals surface area contributed by atoms with Crippen LogP contribution in [0.2, 0.25) is 0 Å². The van der Waals surface area contributed by atoms with E-state index in [0.29, 0.717) is 38.5 Å². The number of carbonyl (C=O) groups excluding carboxylic acids is 3. The van der Waals surface area contributed by atoms with Gasteiger partial charge in [0.05, 0.1) is 22.8 Å². The number of hydrogen-bond donors (Lipinski definition) is 3. The molecule has 3 fully saturated rings. The van der Waals surface area contributed by atoms with Gasteiger partial charge >= 0.3 is 12.3 Å². The quantitative estimate of drug-likeness (QED) is 0.361. The first-order valence-corrected chi connectivity index (χ1v) is 19.2. The van der Waals surface area contributed by atoms with Crippen molar-refractivity contribution < 1.29 is 50.6 Å². The summed E-state index contributed by atoms with van der Waals surface area (Å²) in [5.74, 6) is -3.98. The molecule has 1 saturated heterocycles. The maximum absolute atomic E-state index is 14.6. The first-order chi connectivity index (χ1) is 24.8. The van der Waals surface area contributed by atoms with Crippen molar-refractivity contribution >= 4 is 44.9 Å². The van der Waals surface area contributed by atoms with Crippen LogP contribution in [0.25, 0.3) is 11.0 Å². The highest BCUT2D eigenvalue weighted by atomic mass is 32.2. The second-order valence-electron chi connectivity index (χ2n) is 15.2. The van der Waals surface area contributed by atoms with E-state index in [-0.39, 0.29) is 30.3 Å². The van der Waals surface area contributed by atoms with E-state index in [1.165, 1.54) is 18.2 Å². The number of para-hydroxylation sites is 2. The Balaban J connectivity index is 1.38. The van der Waals surface area contributed by atoms with Gasteiger partial charge in [-0.1, -0.05) is 37.1 Å². The Bertz CT molecular complexity index is 1930. The van der Waals surface area contributed by atoms with Crippen molar-refractivity contribution in [1.82, 2.24) is 29.8 Å². The van der Waals surface area contributed by atoms with Gasteiger partial charge in [-0.15, -0.1) is 0 Å². The fourth-order valence-corrected chi connectivity index (χ4v) is 8.59. The predicted octanol–water partition coefficient (Wildman–Crippen LogP) is 4.15. The third-order valence-corrected chi connectivity index (χ3v) is 12.0. The van der Waals surface area contributed by atoms with Crippen LogP contribution in [0.1, 0.15) is 84.3 Å². The first-order valence-electron chi connectivity index (χ1n) is 17.7. The van der Waals surface area contributed by atoms with Gasteiger partial charge in [-0.3, -0.25) is 24.0 Å². The standard InChI is InChI=1S/C35H43F3N6O8S/c1-33(2,3)44(32(48)49)25-14-8-6-4-5-7-11-20-18-34(20,31(47)42-53(50,51)22-15-16-22)41-28(45)26-17-21(19-43(26)30(25)46)52-29-27(35(36,37)38)39-23-12-9-10-13-24(23)40-29/h7,9-13,20-22,25-26H,4-6,8,14-19H2,1-3H3,(H,41,45)(H,42,47)(H,48,49)/t20-,21-,25+,26+,34-/m1/s1. The molecular formula is C35H43F3N6O8S. The third kappa shape index (κ3) is 8.06. The molecule has 4 amide bonds. The number of carbonyl (C=O) groups is 4. The topological polar surface area (TPSA) is 188 Å². The van der Waals surface area contributed by atoms with Crippen LogP contribution in [0, 0.1) is 5.92 Å². The fraction of sp³-hybridized carbons (Fsp3) is 0.600. The smallest absolute Gasteiger partial charge is 0.438 e. The molecule has 1 aromatic heterocycles. The van der Waals surface area contributed by atoms with Gasteiger partial charge in [-0.2, -0.15) is 13.2 Å². The Morgan fingerprint density at radius 1 is 1.06 bits per heavy atom. The van der Waals surface area contributed by atoms with Crippen LogP contribution in [0.4, 0.5) is 18.0 Å². The minimum Gasteiger partial charge on any atom is -0.471 e. The third-order valence-electron chi connectivity index (χ3n) is 10.1. The van der Waals surface area contributed by atoms with Crippen LogP contribution in [0.15, 0.2) is 36.4 Å². The molecule has 6 rings (SSSR count). The van der Waals surface area contributed by atoms with E-state index in [2.05, 4.69) is 20.0 Å². The number of hydrogen-bond acceptors (Lipinski definition) is 9. The number of nitrogens with zero attached hydrogens (tertiary/aromatic N) is 4. The maximum Gasteiger partial charge on any atom is 0.438 e. The monoisotopic (exact) mass is 764 g/mol. The van der Waals surface area contributed by atoms with Crippen LogP contribution in [0.3, 0.4) is 0 Å². The van der Waals surface area contributed by atoms with Gasteiger partial charge in [0.15, 0.2) is 0 Å². The van der Waals surface area contributed by atoms with Crippen molar-refractivity contribution in [3.63, 3.8) is 0 Å². The average molecular weight is 765 g/mol. The van der Waals surface area contributed by atoms with Gasteiger partial charge in [0, 0.05) is 17.9 Å². The normalized spacial score (nSPS) is 27.2. The average Bonchev–Trinajstić information content (AvgIpc) is 3.98. The van der Waals surface area contributed by atoms with Gasteiger partial charge in [0.2, 0.25) is 33.4 Å². The number of amides is 4. The summed E-state index contributed by atoms with van der Waals surface area (Å²) >= 11 is 0. The Morgan fingerprint density at radius 3 is 2.36 bits per heavy atom. The Kier molecular flexibility index (Phi) is 10.1. The lowest BCUT2D eigenvalue weighted by Gasteiger charge is -2.41. The summed E-state index contributed by atoms with van der Waals surface area (Å²) in [4.78, 5) is 65.1. The summed E-state index contributed by atoms with van der Waals surface area (Å²) in [6.07, 6.45) is -1.05. The number of fused-ring (bicyclic) bond motifs is 3. The van der Waals surface area contributed by atoms with Gasteiger partial charge in [-0.25, -0.2) is 23.2 Å². The number of sulfonamides is 1. The van der Waals surface area contributed by atoms with Crippen LogP contribution in [-0.4, -0.2) is 98.2 Å². The number of allylic oxidation sites excluding steroid dienone is 1. The molecule has 2 saturated carbocycles. The Hall–Kier alpha value is -4.48. The molecular weight excluding hydrogens is 721 g/mol. The predicted molar refractivity (Wildman–Crippen MR) is 184 cm³/mol. The molecule has 2 aromatic rings. The molecule has 2 aliphatic carbocycles. The molecule has 0 unspecified atom stereocenters. The molecule has 14 nitrogen and oxygen atoms in total. The van der Waals surface area contributed by atoms with E-state index < -0.39 is 98.6 Å². The van der Waals surface area contributed by atoms with Crippen molar-refractivity contribution in [2.45, 2.75) is 119 Å². The summed E-state index contributed by atoms with van der Waals surface area (Å²) in [5.41, 5.74) is -4.06. The van der Waals surface area contributed by atoms with Gasteiger partial charge in [-0.05, 0) is 71.4 Å². The van der Waals surface area contributed by atoms with Crippen molar-refractivity contribution in [2.75, 3.05) is 6.54 Å². The number of carboxylic acid groups (broad SMARTS) is 1. The molecule has 2 aliphatic heterocycles. The number of rotatable bonds is 6. The lowest BCUT2D eigenvalue weighted by molar-refractivity contribution is -0.145. The van der Waals surface area contributed by atoms with E-state index in [9.17, 15) is 45.9 Å². The van der Waals surface area contributed by atoms with Crippen molar-refractivity contribution in [2.24, 2.45) is 5.92 Å². The van der Waals surface area contributed by atoms with Gasteiger partial charge in [0.1, 0.15) is 23.7 Å². The SMILES string of the molecule is CC(C)(C)N(C(=O)O)[C@H]1CCCCCC=C[C@@H]2C[C@@]2(C(=O)NS(=O)(=O)C2CC2)NC(=O)[C@@H]2C[C@@H](Oc3nc4ccccc4nc3C(F)(F)F)CN2C1=O. The second kappa shape index (κ2) is 14.1. The zero-order valence-electron chi connectivity index (χ0n) is 29.6. The van der Waals surface area contributed by atoms with Gasteiger partial charge < -0.3 is 20.1 Å². The van der Waals surface area contributed by atoms with Crippen molar-refractivity contribution in [1.29, 1.82) is 0 Å². The molecule has 18 heteroatoms. The minimum absolute atomic E-state index is 0.0279. The number of ether oxygens (including phenoxy) is 1. The van der Waals surface area contributed by atoms with Crippen LogP contribution in [-0.2, 0) is 30.6 Å². The molecule has 4 aliphatic rings. The van der Waals surface area contributed by atoms with E-state index in [4.69, 9.17) is 4.74 Å². The van der Waals surface area contributed by atoms with E-state index in [1.807, 2.05) is 6.08 Å². The second-order valence-corrected chi connectivity index (χ2v) is 17.2. The molecule has 53 heavy (non-hydrogen) atoms. The number of benzene rings is 1. The Labute approximate surface area is 304 Å². The van der Waals surface area contributed by atoms with Gasteiger partial charge in [0.25, 0.3) is 5.91 Å². The molecule has 5 atom stereocenters. The molecule has 0 spiro atoms. The maximum atomic E-state index is 14.6. The Morgan fingerprint density at radius 2 is 1.74 bits per heavy atom. The van der Waals surface area contributed by atoms with E-state index in [0.717, 1.165) is 9.80 Å². The number of aromatic nitrogens is 2. The zero-order chi connectivity index (χ0) is 38.5. The highest BCUT2D eigenvalue weighted by Gasteiger charge is 2.62. The van der Waals surface area contributed by atoms with Crippen molar-refractivity contribution in [3.05, 3.63) is 42.1 Å². The highest BCUT2D eigenvalue weighted by molar-refractivity contribution is 7.91. The number of nitrogens with one attached hydrogen (secondary N) is 2. The molecule has 3 N–H and O–H groups in total. The zero-order valence-corrected chi connectivity index (χ0v) is 30.4. The van der Waals surface area contributed by atoms with Crippen molar-refractivity contribution in [3.8, 4) is 5.88 Å². The van der Waals surface area contributed by atoms with Crippen LogP contribution >= 0.6 is 0 Å². The highest BCUT2D eigenvalue weighted by Crippen LogP contribution is 2.46.